The highest BCUT2D eigenvalue weighted by Gasteiger charge is 2.33. The number of carbonyl (C=O) groups excluding carboxylic acids is 2. The van der Waals surface area contributed by atoms with Gasteiger partial charge in [0.15, 0.2) is 25.4 Å². The number of ether oxygens (including phenoxy) is 1. The van der Waals surface area contributed by atoms with Crippen LogP contribution in [0.3, 0.4) is 0 Å². The van der Waals surface area contributed by atoms with Gasteiger partial charge in [-0.2, -0.15) is 39.6 Å². The fourth-order valence-corrected chi connectivity index (χ4v) is 24.3. The quantitative estimate of drug-likeness (QED) is 0.0780. The SMILES string of the molecule is C.Cc1ccc(C)c(CS(=O)(=O)c2ccc3c(c2)c(=O)sn3C)c1.Cc1ccccc1Oc1ccc(C(F)(F)F)cc1CS(=O)(=O)c1ccc2c(c1)c(=O)sn2C.Cn1sc(=O)c2cc(S(=O)(=O)Nc3ccccc3N3CCCCC3)ccc21.Cn1sc(=O)c2cc(S(=O)(=O)Oc3ccc(C(C)(C)C)cc3)ccc21.Cn1sc(=O)c2cc(S(=O)(=O)Oc3ccc(Cl)cc3Cl)ccc21.O=C=O. The molecule has 11 aromatic carbocycles. The minimum absolute atomic E-state index is 0. The topological polar surface area (TPSA) is 358 Å². The van der Waals surface area contributed by atoms with Gasteiger partial charge in [-0.05, 0) is 283 Å². The lowest BCUT2D eigenvalue weighted by Gasteiger charge is -2.30. The van der Waals surface area contributed by atoms with Crippen molar-refractivity contribution in [2.24, 2.45) is 35.2 Å². The Kier molecular flexibility index (Phi) is 32.6. The molecule has 0 radical (unpaired) electrons. The van der Waals surface area contributed by atoms with Gasteiger partial charge in [0, 0.05) is 58.9 Å². The van der Waals surface area contributed by atoms with Gasteiger partial charge in [-0.3, -0.25) is 48.5 Å². The molecular weight excluding hydrogens is 1980 g/mol. The van der Waals surface area contributed by atoms with E-state index < -0.39 is 67.4 Å². The first-order valence-corrected chi connectivity index (χ1v) is 52.5. The number of nitrogens with zero attached hydrogens (tertiary/aromatic N) is 6. The molecule has 1 saturated heterocycles. The number of hydrogen-bond donors (Lipinski definition) is 1. The minimum Gasteiger partial charge on any atom is -0.457 e. The highest BCUT2D eigenvalue weighted by molar-refractivity contribution is 7.93. The van der Waals surface area contributed by atoms with Crippen molar-refractivity contribution in [3.63, 3.8) is 0 Å². The Bertz CT molecular complexity index is 8190. The smallest absolute Gasteiger partial charge is 0.416 e. The molecule has 0 saturated carbocycles. The van der Waals surface area contributed by atoms with Gasteiger partial charge in [0.1, 0.15) is 27.0 Å². The first-order valence-electron chi connectivity index (χ1n) is 40.2. The molecule has 135 heavy (non-hydrogen) atoms. The Balaban J connectivity index is 0.000000162. The minimum atomic E-state index is -4.65. The number of rotatable bonds is 18. The Labute approximate surface area is 805 Å². The van der Waals surface area contributed by atoms with E-state index in [2.05, 4.69) is 30.4 Å². The molecule has 1 fully saturated rings. The summed E-state index contributed by atoms with van der Waals surface area (Å²) in [6, 6.07) is 56.4. The van der Waals surface area contributed by atoms with Crippen molar-refractivity contribution < 1.29 is 78.0 Å². The number of aryl methyl sites for hydroxylation is 8. The van der Waals surface area contributed by atoms with Crippen molar-refractivity contribution in [1.82, 2.24) is 19.8 Å². The maximum atomic E-state index is 13.3. The lowest BCUT2D eigenvalue weighted by Crippen LogP contribution is -2.30. The molecule has 6 heterocycles. The van der Waals surface area contributed by atoms with Gasteiger partial charge in [0.05, 0.1) is 103 Å². The highest BCUT2D eigenvalue weighted by atomic mass is 35.5. The monoisotopic (exact) mass is 2070 g/mol. The highest BCUT2D eigenvalue weighted by Crippen LogP contribution is 2.39. The summed E-state index contributed by atoms with van der Waals surface area (Å²) in [4.78, 5) is 78.4. The van der Waals surface area contributed by atoms with Crippen LogP contribution in [0.15, 0.2) is 267 Å². The largest absolute Gasteiger partial charge is 0.457 e. The van der Waals surface area contributed by atoms with E-state index in [9.17, 15) is 79.2 Å². The van der Waals surface area contributed by atoms with Crippen LogP contribution < -0.4 is 46.4 Å². The summed E-state index contributed by atoms with van der Waals surface area (Å²) in [6.45, 7) is 13.7. The third-order valence-electron chi connectivity index (χ3n) is 21.1. The summed E-state index contributed by atoms with van der Waals surface area (Å²) in [5.74, 6) is -0.168. The predicted octanol–water partition coefficient (Wildman–Crippen LogP) is 19.7. The summed E-state index contributed by atoms with van der Waals surface area (Å²) in [5.41, 5.74) is 8.34. The number of benzene rings is 11. The zero-order valence-corrected chi connectivity index (χ0v) is 82.7. The van der Waals surface area contributed by atoms with E-state index in [4.69, 9.17) is 45.9 Å². The number of nitrogens with one attached hydrogen (secondary N) is 1. The van der Waals surface area contributed by atoms with Crippen LogP contribution >= 0.6 is 80.9 Å². The molecule has 27 nitrogen and oxygen atoms in total. The normalized spacial score (nSPS) is 12.5. The molecule has 17 rings (SSSR count). The van der Waals surface area contributed by atoms with E-state index >= 15 is 0 Å². The van der Waals surface area contributed by atoms with E-state index in [-0.39, 0.29) is 106 Å². The first kappa shape index (κ1) is 104. The van der Waals surface area contributed by atoms with Crippen molar-refractivity contribution in [2.75, 3.05) is 22.7 Å². The molecule has 0 aliphatic carbocycles. The Hall–Kier alpha value is -11.6. The van der Waals surface area contributed by atoms with E-state index in [1.54, 1.807) is 141 Å². The second kappa shape index (κ2) is 42.3. The second-order valence-corrected chi connectivity index (χ2v) is 46.7. The zero-order chi connectivity index (χ0) is 97.6. The Morgan fingerprint density at radius 1 is 0.415 bits per heavy atom. The number of sulfonamides is 1. The summed E-state index contributed by atoms with van der Waals surface area (Å²) >= 11 is 16.8. The maximum Gasteiger partial charge on any atom is 0.416 e. The predicted molar refractivity (Wildman–Crippen MR) is 528 cm³/mol. The average molecular weight is 2070 g/mol. The third kappa shape index (κ3) is 24.8. The lowest BCUT2D eigenvalue weighted by molar-refractivity contribution is -0.191. The van der Waals surface area contributed by atoms with E-state index in [0.29, 0.717) is 54.6 Å². The van der Waals surface area contributed by atoms with Crippen LogP contribution in [0, 0.1) is 20.8 Å². The van der Waals surface area contributed by atoms with Crippen LogP contribution in [0.4, 0.5) is 24.5 Å². The van der Waals surface area contributed by atoms with Crippen LogP contribution in [-0.4, -0.2) is 81.1 Å². The standard InChI is InChI=1S/C23H18F3NO4S2.C19H21N3O3S2.C18H19NO4S2.C17H17NO3S2.C14H9Cl2NO4S2.CO2.CH4/c1-14-5-3-4-6-20(14)31-21-10-7-16(23(24,25)26)11-15(21)13-33(29,30)17-8-9-19-18(12-17)22(28)32-27(19)2;1-21-17-10-9-14(13-15(17)19(23)26-21)27(24,25)20-16-7-3-4-8-18(16)22-11-5-2-6-12-22;1-18(2,3)12-5-7-13(8-6-12)23-25(21,22)14-9-10-16-15(11-14)17(20)24-19(16)4;1-11-4-5-12(2)13(8-11)10-23(20,21)14-6-7-16-15(9-14)17(19)22-18(16)3;1-17-12-4-3-9(7-10(12)14(18)22-17)23(19,20)21-13-5-2-8(15)6-11(13)16;2-1-3;/h3-12H,13H2,1-2H3;3-4,7-10,13,20H,2,5-6,11-12H2,1H3;5-11H,1-4H3;4-9H,10H2,1-3H3;2-7H,1H3;;1H4. The molecule has 710 valence electrons. The van der Waals surface area contributed by atoms with Gasteiger partial charge in [-0.25, -0.2) is 25.3 Å². The van der Waals surface area contributed by atoms with Crippen molar-refractivity contribution >= 4 is 203 Å². The van der Waals surface area contributed by atoms with Gasteiger partial charge in [-0.1, -0.05) is 118 Å². The second-order valence-electron chi connectivity index (χ2n) is 31.6. The van der Waals surface area contributed by atoms with Crippen molar-refractivity contribution in [3.05, 3.63) is 315 Å². The number of sulfone groups is 2. The molecule has 0 spiro atoms. The third-order valence-corrected chi connectivity index (χ3v) is 33.1. The Morgan fingerprint density at radius 2 is 0.815 bits per heavy atom. The number of fused-ring (bicyclic) bond motifs is 5. The van der Waals surface area contributed by atoms with Crippen molar-refractivity contribution in [1.29, 1.82) is 0 Å². The molecular formula is C93H88Cl2F3N7O20S10. The molecule has 1 N–H and O–H groups in total. The van der Waals surface area contributed by atoms with Crippen LogP contribution in [0.5, 0.6) is 23.0 Å². The molecule has 0 bridgehead atoms. The average Bonchev–Trinajstić information content (AvgIpc) is 1.70. The van der Waals surface area contributed by atoms with Gasteiger partial charge in [0.25, 0.3) is 33.7 Å². The van der Waals surface area contributed by atoms with Crippen LogP contribution in [0.25, 0.3) is 54.5 Å². The van der Waals surface area contributed by atoms with Gasteiger partial charge in [0.2, 0.25) is 0 Å². The number of para-hydroxylation sites is 3. The number of hydrogen-bond acceptors (Lipinski definition) is 26. The van der Waals surface area contributed by atoms with Crippen molar-refractivity contribution in [2.45, 2.75) is 116 Å². The summed E-state index contributed by atoms with van der Waals surface area (Å²) in [5, 5.41) is 2.26. The lowest BCUT2D eigenvalue weighted by atomic mass is 9.87. The zero-order valence-electron chi connectivity index (χ0n) is 73.1. The van der Waals surface area contributed by atoms with Gasteiger partial charge in [-0.15, -0.1) is 0 Å². The van der Waals surface area contributed by atoms with Crippen molar-refractivity contribution in [3.8, 4) is 23.0 Å². The van der Waals surface area contributed by atoms with E-state index in [0.717, 1.165) is 146 Å². The number of piperidine rings is 1. The van der Waals surface area contributed by atoms with E-state index in [1.165, 1.54) is 79.2 Å². The van der Waals surface area contributed by atoms with Gasteiger partial charge >= 0.3 is 32.6 Å². The van der Waals surface area contributed by atoms with E-state index in [1.807, 2.05) is 62.4 Å². The maximum absolute atomic E-state index is 13.3. The Morgan fingerprint density at radius 3 is 1.27 bits per heavy atom. The summed E-state index contributed by atoms with van der Waals surface area (Å²) in [6.07, 6.45) is -0.972. The number of anilines is 2. The summed E-state index contributed by atoms with van der Waals surface area (Å²) in [7, 11) is -10.8. The molecule has 0 atom stereocenters. The molecule has 16 aromatic rings. The number of alkyl halides is 3. The van der Waals surface area contributed by atoms with Crippen LogP contribution in [0.2, 0.25) is 10.0 Å². The number of aromatic nitrogens is 5. The summed E-state index contributed by atoms with van der Waals surface area (Å²) < 4.78 is 194. The molecule has 1 aliphatic rings. The molecule has 42 heteroatoms. The fraction of sp³-hybridized carbons (Fsp3) is 0.226. The number of halogens is 5. The molecule has 0 unspecified atom stereocenters. The fourth-order valence-electron chi connectivity index (χ4n) is 14.1. The van der Waals surface area contributed by atoms with Crippen LogP contribution in [-0.2, 0) is 118 Å². The van der Waals surface area contributed by atoms with Crippen LogP contribution in [0.1, 0.15) is 86.4 Å². The molecule has 0 amide bonds. The van der Waals surface area contributed by atoms with Gasteiger partial charge < -0.3 is 18.0 Å². The first-order chi connectivity index (χ1) is 62.9. The molecule has 5 aromatic heterocycles. The molecule has 1 aliphatic heterocycles.